The molecular formula is C14H26N2O5. The molecule has 1 rings (SSSR count). The van der Waals surface area contributed by atoms with Crippen molar-refractivity contribution < 1.29 is 24.2 Å². The van der Waals surface area contributed by atoms with Gasteiger partial charge in [-0.3, -0.25) is 4.79 Å². The van der Waals surface area contributed by atoms with Crippen molar-refractivity contribution in [2.24, 2.45) is 5.92 Å². The number of amides is 2. The highest BCUT2D eigenvalue weighted by molar-refractivity contribution is 5.76. The first kappa shape index (κ1) is 17.7. The molecule has 0 aromatic rings. The van der Waals surface area contributed by atoms with Gasteiger partial charge in [-0.05, 0) is 12.3 Å². The van der Waals surface area contributed by atoms with E-state index < -0.39 is 12.0 Å². The van der Waals surface area contributed by atoms with Crippen LogP contribution in [0.3, 0.4) is 0 Å². The number of aliphatic carboxylic acids is 1. The normalized spacial score (nSPS) is 18.8. The van der Waals surface area contributed by atoms with Crippen molar-refractivity contribution in [1.29, 1.82) is 0 Å². The highest BCUT2D eigenvalue weighted by atomic mass is 16.5. The van der Waals surface area contributed by atoms with E-state index in [9.17, 15) is 9.59 Å². The van der Waals surface area contributed by atoms with E-state index in [0.29, 0.717) is 38.8 Å². The van der Waals surface area contributed by atoms with Crippen molar-refractivity contribution in [1.82, 2.24) is 10.2 Å². The molecule has 1 aliphatic rings. The van der Waals surface area contributed by atoms with Crippen LogP contribution in [-0.2, 0) is 14.3 Å². The lowest BCUT2D eigenvalue weighted by molar-refractivity contribution is -0.139. The minimum Gasteiger partial charge on any atom is -0.481 e. The molecule has 21 heavy (non-hydrogen) atoms. The zero-order valence-electron chi connectivity index (χ0n) is 12.8. The van der Waals surface area contributed by atoms with Crippen molar-refractivity contribution in [3.8, 4) is 0 Å². The Bertz CT molecular complexity index is 335. The first-order valence-electron chi connectivity index (χ1n) is 7.42. The number of hydrogen-bond acceptors (Lipinski definition) is 4. The van der Waals surface area contributed by atoms with Gasteiger partial charge in [0.05, 0.1) is 32.3 Å². The number of nitrogens with one attached hydrogen (secondary N) is 1. The monoisotopic (exact) mass is 302 g/mol. The van der Waals surface area contributed by atoms with E-state index in [0.717, 1.165) is 6.42 Å². The van der Waals surface area contributed by atoms with Gasteiger partial charge in [0.2, 0.25) is 0 Å². The maximum atomic E-state index is 12.0. The summed E-state index contributed by atoms with van der Waals surface area (Å²) in [6, 6.07) is -0.657. The van der Waals surface area contributed by atoms with Crippen LogP contribution in [0.1, 0.15) is 26.7 Å². The molecular weight excluding hydrogens is 276 g/mol. The molecule has 0 saturated carbocycles. The van der Waals surface area contributed by atoms with E-state index in [2.05, 4.69) is 19.2 Å². The Kier molecular flexibility index (Phi) is 8.07. The number of carboxylic acid groups (broad SMARTS) is 1. The molecule has 1 atom stereocenters. The molecule has 122 valence electrons. The van der Waals surface area contributed by atoms with Crippen LogP contribution < -0.4 is 5.32 Å². The number of nitrogens with zero attached hydrogens (tertiary/aromatic N) is 1. The number of carboxylic acids is 1. The summed E-state index contributed by atoms with van der Waals surface area (Å²) in [5.41, 5.74) is 0. The summed E-state index contributed by atoms with van der Waals surface area (Å²) in [7, 11) is 0. The van der Waals surface area contributed by atoms with Crippen LogP contribution in [0.5, 0.6) is 0 Å². The fourth-order valence-corrected chi connectivity index (χ4v) is 2.05. The molecule has 0 aromatic heterocycles. The molecule has 0 radical (unpaired) electrons. The van der Waals surface area contributed by atoms with Crippen LogP contribution in [0.2, 0.25) is 0 Å². The Hall–Kier alpha value is -1.34. The summed E-state index contributed by atoms with van der Waals surface area (Å²) in [4.78, 5) is 24.4. The third-order valence-corrected chi connectivity index (χ3v) is 3.26. The van der Waals surface area contributed by atoms with Gasteiger partial charge in [-0.2, -0.15) is 0 Å². The summed E-state index contributed by atoms with van der Waals surface area (Å²) < 4.78 is 10.7. The molecule has 1 aliphatic heterocycles. The van der Waals surface area contributed by atoms with E-state index in [-0.39, 0.29) is 19.1 Å². The van der Waals surface area contributed by atoms with Gasteiger partial charge in [0, 0.05) is 19.7 Å². The molecule has 0 aliphatic carbocycles. The van der Waals surface area contributed by atoms with Crippen molar-refractivity contribution in [3.05, 3.63) is 0 Å². The molecule has 1 saturated heterocycles. The van der Waals surface area contributed by atoms with Gasteiger partial charge < -0.3 is 24.8 Å². The molecule has 1 fully saturated rings. The van der Waals surface area contributed by atoms with Crippen molar-refractivity contribution in [2.45, 2.75) is 32.7 Å². The third kappa shape index (κ3) is 7.29. The van der Waals surface area contributed by atoms with Gasteiger partial charge in [-0.1, -0.05) is 13.8 Å². The second-order valence-electron chi connectivity index (χ2n) is 5.55. The minimum atomic E-state index is -0.930. The predicted molar refractivity (Wildman–Crippen MR) is 77.2 cm³/mol. The summed E-state index contributed by atoms with van der Waals surface area (Å²) in [6.45, 7) is 6.96. The lowest BCUT2D eigenvalue weighted by Gasteiger charge is -2.34. The topological polar surface area (TPSA) is 88.1 Å². The van der Waals surface area contributed by atoms with Crippen molar-refractivity contribution in [2.75, 3.05) is 39.5 Å². The number of urea groups is 1. The zero-order valence-corrected chi connectivity index (χ0v) is 12.8. The Balaban J connectivity index is 2.24. The van der Waals surface area contributed by atoms with Gasteiger partial charge >= 0.3 is 12.0 Å². The fraction of sp³-hybridized carbons (Fsp3) is 0.857. The van der Waals surface area contributed by atoms with Crippen LogP contribution in [0.4, 0.5) is 4.79 Å². The van der Waals surface area contributed by atoms with Gasteiger partial charge in [-0.15, -0.1) is 0 Å². The van der Waals surface area contributed by atoms with Gasteiger partial charge in [0.1, 0.15) is 0 Å². The van der Waals surface area contributed by atoms with Crippen LogP contribution in [0, 0.1) is 5.92 Å². The standard InChI is InChI=1S/C14H26N2O5/c1-11(2)3-6-20-7-4-15-14(19)16-5-8-21-10-12(16)9-13(17)18/h11-12H,3-10H2,1-2H3,(H,15,19)(H,17,18). The molecule has 1 unspecified atom stereocenters. The lowest BCUT2D eigenvalue weighted by atomic mass is 10.1. The summed E-state index contributed by atoms with van der Waals surface area (Å²) in [6.07, 6.45) is 0.899. The second-order valence-corrected chi connectivity index (χ2v) is 5.55. The van der Waals surface area contributed by atoms with E-state index in [4.69, 9.17) is 14.6 Å². The zero-order chi connectivity index (χ0) is 15.7. The number of hydrogen-bond donors (Lipinski definition) is 2. The number of morpholine rings is 1. The molecule has 7 heteroatoms. The van der Waals surface area contributed by atoms with Gasteiger partial charge in [0.25, 0.3) is 0 Å². The van der Waals surface area contributed by atoms with Gasteiger partial charge in [-0.25, -0.2) is 4.79 Å². The van der Waals surface area contributed by atoms with E-state index >= 15 is 0 Å². The molecule has 7 nitrogen and oxygen atoms in total. The molecule has 2 amide bonds. The maximum absolute atomic E-state index is 12.0. The van der Waals surface area contributed by atoms with Crippen LogP contribution in [0.15, 0.2) is 0 Å². The smallest absolute Gasteiger partial charge is 0.317 e. The molecule has 0 aromatic carbocycles. The number of rotatable bonds is 8. The number of carbonyl (C=O) groups is 2. The van der Waals surface area contributed by atoms with Crippen LogP contribution >= 0.6 is 0 Å². The van der Waals surface area contributed by atoms with Crippen LogP contribution in [0.25, 0.3) is 0 Å². The van der Waals surface area contributed by atoms with Crippen LogP contribution in [-0.4, -0.2) is 67.6 Å². The molecule has 1 heterocycles. The predicted octanol–water partition coefficient (Wildman–Crippen LogP) is 0.934. The number of carbonyl (C=O) groups excluding carboxylic acids is 1. The van der Waals surface area contributed by atoms with E-state index in [1.54, 1.807) is 0 Å². The van der Waals surface area contributed by atoms with Gasteiger partial charge in [0.15, 0.2) is 0 Å². The summed E-state index contributed by atoms with van der Waals surface area (Å²) >= 11 is 0. The highest BCUT2D eigenvalue weighted by Crippen LogP contribution is 2.10. The first-order valence-corrected chi connectivity index (χ1v) is 7.42. The molecule has 0 bridgehead atoms. The largest absolute Gasteiger partial charge is 0.481 e. The highest BCUT2D eigenvalue weighted by Gasteiger charge is 2.28. The minimum absolute atomic E-state index is 0.0989. The molecule has 2 N–H and O–H groups in total. The van der Waals surface area contributed by atoms with E-state index in [1.807, 2.05) is 0 Å². The maximum Gasteiger partial charge on any atom is 0.317 e. The van der Waals surface area contributed by atoms with Crippen molar-refractivity contribution in [3.63, 3.8) is 0 Å². The Labute approximate surface area is 125 Å². The summed E-state index contributed by atoms with van der Waals surface area (Å²) in [5, 5.41) is 11.6. The second kappa shape index (κ2) is 9.57. The SMILES string of the molecule is CC(C)CCOCCNC(=O)N1CCOCC1CC(=O)O. The Morgan fingerprint density at radius 2 is 2.19 bits per heavy atom. The Morgan fingerprint density at radius 1 is 1.43 bits per heavy atom. The quantitative estimate of drug-likeness (QED) is 0.651. The average molecular weight is 302 g/mol. The third-order valence-electron chi connectivity index (χ3n) is 3.26. The molecule has 0 spiro atoms. The lowest BCUT2D eigenvalue weighted by Crippen LogP contribution is -2.53. The first-order chi connectivity index (χ1) is 10.0. The Morgan fingerprint density at radius 3 is 2.86 bits per heavy atom. The van der Waals surface area contributed by atoms with E-state index in [1.165, 1.54) is 4.90 Å². The fourth-order valence-electron chi connectivity index (χ4n) is 2.05. The summed E-state index contributed by atoms with van der Waals surface area (Å²) in [5.74, 6) is -0.329. The number of ether oxygens (including phenoxy) is 2. The van der Waals surface area contributed by atoms with Crippen molar-refractivity contribution >= 4 is 12.0 Å². The average Bonchev–Trinajstić information content (AvgIpc) is 2.42.